The minimum atomic E-state index is -0.193. The molecule has 4 rings (SSSR count). The summed E-state index contributed by atoms with van der Waals surface area (Å²) in [6, 6.07) is 15.4. The van der Waals surface area contributed by atoms with Gasteiger partial charge in [-0.15, -0.1) is 11.3 Å². The lowest BCUT2D eigenvalue weighted by Gasteiger charge is -2.08. The van der Waals surface area contributed by atoms with Gasteiger partial charge >= 0.3 is 0 Å². The van der Waals surface area contributed by atoms with Crippen molar-refractivity contribution < 1.29 is 4.79 Å². The van der Waals surface area contributed by atoms with E-state index < -0.39 is 0 Å². The van der Waals surface area contributed by atoms with E-state index in [0.717, 1.165) is 15.6 Å². The number of hydrogen-bond acceptors (Lipinski definition) is 4. The highest BCUT2D eigenvalue weighted by Gasteiger charge is 2.15. The molecule has 4 aromatic rings. The maximum absolute atomic E-state index is 13.1. The van der Waals surface area contributed by atoms with Crippen LogP contribution >= 0.6 is 27.3 Å². The van der Waals surface area contributed by atoms with Crippen LogP contribution in [0.15, 0.2) is 69.5 Å². The molecule has 2 heterocycles. The first-order valence-electron chi connectivity index (χ1n) is 9.30. The van der Waals surface area contributed by atoms with Gasteiger partial charge in [0.1, 0.15) is 4.83 Å². The van der Waals surface area contributed by atoms with Crippen LogP contribution in [-0.2, 0) is 6.54 Å². The summed E-state index contributed by atoms with van der Waals surface area (Å²) in [4.78, 5) is 30.9. The molecule has 0 aliphatic rings. The van der Waals surface area contributed by atoms with Crippen LogP contribution in [0.2, 0.25) is 0 Å². The molecule has 0 fully saturated rings. The Morgan fingerprint density at radius 2 is 1.79 bits per heavy atom. The molecule has 4 nitrogen and oxygen atoms in total. The molecule has 2 aromatic heterocycles. The van der Waals surface area contributed by atoms with Crippen LogP contribution in [0.1, 0.15) is 35.7 Å². The molecule has 0 N–H and O–H groups in total. The van der Waals surface area contributed by atoms with Gasteiger partial charge in [-0.25, -0.2) is 4.98 Å². The number of halogens is 1. The fourth-order valence-electron chi connectivity index (χ4n) is 3.22. The third-order valence-corrected chi connectivity index (χ3v) is 6.34. The molecule has 0 aliphatic carbocycles. The summed E-state index contributed by atoms with van der Waals surface area (Å²) in [6.45, 7) is 4.20. The third kappa shape index (κ3) is 3.95. The molecular formula is C23H19BrN2O2S. The van der Waals surface area contributed by atoms with E-state index in [0.29, 0.717) is 21.7 Å². The lowest BCUT2D eigenvalue weighted by atomic mass is 10.0. The SMILES string of the molecule is CC(C)c1ccc(C(=O)Cn2cnc3scc(-c4ccc(Br)cc4)c3c2=O)cc1. The molecule has 29 heavy (non-hydrogen) atoms. The van der Waals surface area contributed by atoms with Gasteiger partial charge in [-0.3, -0.25) is 14.2 Å². The van der Waals surface area contributed by atoms with E-state index in [-0.39, 0.29) is 17.9 Å². The molecule has 0 unspecified atom stereocenters. The number of rotatable bonds is 5. The summed E-state index contributed by atoms with van der Waals surface area (Å²) in [5, 5.41) is 2.50. The Balaban J connectivity index is 1.68. The normalized spacial score (nSPS) is 11.3. The van der Waals surface area contributed by atoms with Gasteiger partial charge < -0.3 is 0 Å². The molecule has 6 heteroatoms. The number of carbonyl (C=O) groups is 1. The molecular weight excluding hydrogens is 448 g/mol. The molecule has 146 valence electrons. The highest BCUT2D eigenvalue weighted by Crippen LogP contribution is 2.31. The zero-order valence-corrected chi connectivity index (χ0v) is 18.5. The topological polar surface area (TPSA) is 52.0 Å². The van der Waals surface area contributed by atoms with Gasteiger partial charge in [0, 0.05) is 21.0 Å². The summed E-state index contributed by atoms with van der Waals surface area (Å²) in [6.07, 6.45) is 1.47. The highest BCUT2D eigenvalue weighted by molar-refractivity contribution is 9.10. The van der Waals surface area contributed by atoms with Crippen molar-refractivity contribution in [2.75, 3.05) is 0 Å². The summed E-state index contributed by atoms with van der Waals surface area (Å²) >= 11 is 4.87. The van der Waals surface area contributed by atoms with Crippen molar-refractivity contribution in [2.24, 2.45) is 0 Å². The molecule has 0 atom stereocenters. The number of Topliss-reactive ketones (excluding diaryl/α,β-unsaturated/α-hetero) is 1. The standard InChI is InChI=1S/C23H19BrN2O2S/c1-14(2)15-3-5-17(6-4-15)20(27)11-26-13-25-22-21(23(26)28)19(12-29-22)16-7-9-18(24)10-8-16/h3-10,12-14H,11H2,1-2H3. The second-order valence-corrected chi connectivity index (χ2v) is 8.99. The van der Waals surface area contributed by atoms with E-state index in [1.165, 1.54) is 27.8 Å². The van der Waals surface area contributed by atoms with Crippen molar-refractivity contribution in [3.05, 3.63) is 86.2 Å². The Morgan fingerprint density at radius 1 is 1.10 bits per heavy atom. The predicted octanol–water partition coefficient (Wildman–Crippen LogP) is 5.89. The first-order chi connectivity index (χ1) is 13.9. The number of aromatic nitrogens is 2. The Kier molecular flexibility index (Phi) is 5.48. The average Bonchev–Trinajstić information content (AvgIpc) is 3.15. The smallest absolute Gasteiger partial charge is 0.263 e. The van der Waals surface area contributed by atoms with E-state index in [9.17, 15) is 9.59 Å². The number of ketones is 1. The van der Waals surface area contributed by atoms with Gasteiger partial charge in [0.25, 0.3) is 5.56 Å². The molecule has 0 aliphatic heterocycles. The largest absolute Gasteiger partial charge is 0.292 e. The molecule has 0 bridgehead atoms. The maximum atomic E-state index is 13.1. The van der Waals surface area contributed by atoms with Crippen LogP contribution in [-0.4, -0.2) is 15.3 Å². The van der Waals surface area contributed by atoms with Crippen LogP contribution in [0, 0.1) is 0 Å². The van der Waals surface area contributed by atoms with Gasteiger partial charge in [-0.05, 0) is 29.2 Å². The number of thiophene rings is 1. The highest BCUT2D eigenvalue weighted by atomic mass is 79.9. The van der Waals surface area contributed by atoms with Crippen molar-refractivity contribution in [1.29, 1.82) is 0 Å². The number of fused-ring (bicyclic) bond motifs is 1. The molecule has 0 saturated heterocycles. The van der Waals surface area contributed by atoms with E-state index in [1.54, 1.807) is 0 Å². The van der Waals surface area contributed by atoms with Gasteiger partial charge in [0.15, 0.2) is 5.78 Å². The van der Waals surface area contributed by atoms with Crippen LogP contribution in [0.3, 0.4) is 0 Å². The quantitative estimate of drug-likeness (QED) is 0.344. The van der Waals surface area contributed by atoms with Crippen molar-refractivity contribution in [3.63, 3.8) is 0 Å². The molecule has 0 spiro atoms. The number of hydrogen-bond donors (Lipinski definition) is 0. The number of benzene rings is 2. The molecule has 0 amide bonds. The van der Waals surface area contributed by atoms with Crippen LogP contribution in [0.5, 0.6) is 0 Å². The summed E-state index contributed by atoms with van der Waals surface area (Å²) in [7, 11) is 0. The Hall–Kier alpha value is -2.57. The minimum Gasteiger partial charge on any atom is -0.292 e. The predicted molar refractivity (Wildman–Crippen MR) is 122 cm³/mol. The van der Waals surface area contributed by atoms with E-state index in [4.69, 9.17) is 0 Å². The van der Waals surface area contributed by atoms with Gasteiger partial charge in [0.2, 0.25) is 0 Å². The Bertz CT molecular complexity index is 1240. The fraction of sp³-hybridized carbons (Fsp3) is 0.174. The zero-order valence-electron chi connectivity index (χ0n) is 16.1. The van der Waals surface area contributed by atoms with E-state index in [1.807, 2.05) is 53.9 Å². The fourth-order valence-corrected chi connectivity index (χ4v) is 4.39. The Labute approximate surface area is 181 Å². The van der Waals surface area contributed by atoms with Crippen molar-refractivity contribution in [2.45, 2.75) is 26.3 Å². The first-order valence-corrected chi connectivity index (χ1v) is 11.0. The van der Waals surface area contributed by atoms with Crippen LogP contribution in [0.25, 0.3) is 21.3 Å². The Morgan fingerprint density at radius 3 is 2.45 bits per heavy atom. The summed E-state index contributed by atoms with van der Waals surface area (Å²) in [5.41, 5.74) is 3.38. The average molecular weight is 467 g/mol. The zero-order chi connectivity index (χ0) is 20.5. The van der Waals surface area contributed by atoms with Crippen LogP contribution in [0.4, 0.5) is 0 Å². The number of carbonyl (C=O) groups excluding carboxylic acids is 1. The second-order valence-electron chi connectivity index (χ2n) is 7.21. The second kappa shape index (κ2) is 8.05. The summed E-state index contributed by atoms with van der Waals surface area (Å²) in [5.74, 6) is 0.299. The third-order valence-electron chi connectivity index (χ3n) is 4.93. The molecule has 2 aromatic carbocycles. The van der Waals surface area contributed by atoms with E-state index >= 15 is 0 Å². The number of nitrogens with zero attached hydrogens (tertiary/aromatic N) is 2. The van der Waals surface area contributed by atoms with Crippen LogP contribution < -0.4 is 5.56 Å². The van der Waals surface area contributed by atoms with Gasteiger partial charge in [0.05, 0.1) is 18.3 Å². The van der Waals surface area contributed by atoms with Crippen molar-refractivity contribution in [3.8, 4) is 11.1 Å². The van der Waals surface area contributed by atoms with Gasteiger partial charge in [-0.2, -0.15) is 0 Å². The van der Waals surface area contributed by atoms with Crippen molar-refractivity contribution >= 4 is 43.3 Å². The van der Waals surface area contributed by atoms with E-state index in [2.05, 4.69) is 34.8 Å². The molecule has 0 radical (unpaired) electrons. The minimum absolute atomic E-state index is 0.0293. The molecule has 0 saturated carbocycles. The maximum Gasteiger partial charge on any atom is 0.263 e. The van der Waals surface area contributed by atoms with Gasteiger partial charge in [-0.1, -0.05) is 66.2 Å². The lowest BCUT2D eigenvalue weighted by Crippen LogP contribution is -2.24. The lowest BCUT2D eigenvalue weighted by molar-refractivity contribution is 0.0970. The summed E-state index contributed by atoms with van der Waals surface area (Å²) < 4.78 is 2.38. The van der Waals surface area contributed by atoms with Crippen molar-refractivity contribution in [1.82, 2.24) is 9.55 Å². The first kappa shape index (κ1) is 19.7. The monoisotopic (exact) mass is 466 g/mol.